The Hall–Kier alpha value is -2.97. The van der Waals surface area contributed by atoms with E-state index in [4.69, 9.17) is 4.74 Å². The molecule has 3 aromatic carbocycles. The molecule has 0 aliphatic carbocycles. The van der Waals surface area contributed by atoms with Crippen LogP contribution < -0.4 is 10.1 Å². The van der Waals surface area contributed by atoms with Crippen molar-refractivity contribution >= 4 is 53.2 Å². The highest BCUT2D eigenvalue weighted by molar-refractivity contribution is 7.90. The van der Waals surface area contributed by atoms with Crippen molar-refractivity contribution in [2.75, 3.05) is 18.2 Å². The molecule has 8 heteroatoms. The van der Waals surface area contributed by atoms with Crippen LogP contribution in [0, 0.1) is 0 Å². The molecular formula is C21H18N2O4S2. The van der Waals surface area contributed by atoms with Crippen molar-refractivity contribution in [2.45, 2.75) is 11.8 Å². The Morgan fingerprint density at radius 3 is 2.52 bits per heavy atom. The van der Waals surface area contributed by atoms with Gasteiger partial charge in [0, 0.05) is 6.26 Å². The standard InChI is InChI=1S/C21H18N2O4S2/c1-3-27-18-11-14-7-5-4-6-13(14)10-16(18)20(24)23-21-22-17-9-8-15(29(2,25)26)12-19(17)28-21/h4-12H,3H2,1-2H3,(H,22,23,24). The minimum Gasteiger partial charge on any atom is -0.493 e. The largest absolute Gasteiger partial charge is 0.493 e. The van der Waals surface area contributed by atoms with E-state index in [1.807, 2.05) is 37.3 Å². The second-order valence-electron chi connectivity index (χ2n) is 6.50. The average Bonchev–Trinajstić information content (AvgIpc) is 3.08. The summed E-state index contributed by atoms with van der Waals surface area (Å²) in [6.45, 7) is 2.30. The molecule has 0 aliphatic heterocycles. The van der Waals surface area contributed by atoms with Gasteiger partial charge in [0.15, 0.2) is 15.0 Å². The first-order valence-corrected chi connectivity index (χ1v) is 11.6. The number of ether oxygens (including phenoxy) is 1. The van der Waals surface area contributed by atoms with Crippen molar-refractivity contribution in [2.24, 2.45) is 0 Å². The van der Waals surface area contributed by atoms with E-state index in [-0.39, 0.29) is 10.8 Å². The van der Waals surface area contributed by atoms with Gasteiger partial charge in [-0.25, -0.2) is 13.4 Å². The number of benzene rings is 3. The minimum absolute atomic E-state index is 0.222. The van der Waals surface area contributed by atoms with Crippen LogP contribution in [0.4, 0.5) is 5.13 Å². The molecule has 1 amide bonds. The van der Waals surface area contributed by atoms with Crippen LogP contribution in [-0.4, -0.2) is 32.2 Å². The number of hydrogen-bond donors (Lipinski definition) is 1. The summed E-state index contributed by atoms with van der Waals surface area (Å²) < 4.78 is 29.9. The van der Waals surface area contributed by atoms with E-state index >= 15 is 0 Å². The lowest BCUT2D eigenvalue weighted by molar-refractivity contribution is 0.102. The fourth-order valence-corrected chi connectivity index (χ4v) is 4.65. The highest BCUT2D eigenvalue weighted by Gasteiger charge is 2.17. The van der Waals surface area contributed by atoms with E-state index in [1.165, 1.54) is 17.4 Å². The molecular weight excluding hydrogens is 408 g/mol. The monoisotopic (exact) mass is 426 g/mol. The van der Waals surface area contributed by atoms with Crippen LogP contribution in [0.15, 0.2) is 59.5 Å². The maximum absolute atomic E-state index is 12.9. The zero-order valence-electron chi connectivity index (χ0n) is 15.8. The van der Waals surface area contributed by atoms with Crippen molar-refractivity contribution in [1.29, 1.82) is 0 Å². The Labute approximate surface area is 172 Å². The lowest BCUT2D eigenvalue weighted by Crippen LogP contribution is -2.13. The van der Waals surface area contributed by atoms with Crippen LogP contribution in [0.1, 0.15) is 17.3 Å². The number of thiazole rings is 1. The normalized spacial score (nSPS) is 11.7. The summed E-state index contributed by atoms with van der Waals surface area (Å²) in [5.41, 5.74) is 1.04. The molecule has 148 valence electrons. The lowest BCUT2D eigenvalue weighted by atomic mass is 10.1. The molecule has 0 bridgehead atoms. The average molecular weight is 427 g/mol. The Bertz CT molecular complexity index is 1340. The van der Waals surface area contributed by atoms with Crippen LogP contribution in [0.2, 0.25) is 0 Å². The summed E-state index contributed by atoms with van der Waals surface area (Å²) in [7, 11) is -3.31. The third-order valence-electron chi connectivity index (χ3n) is 4.40. The highest BCUT2D eigenvalue weighted by atomic mass is 32.2. The van der Waals surface area contributed by atoms with Gasteiger partial charge in [0.05, 0.1) is 27.3 Å². The molecule has 0 saturated carbocycles. The fourth-order valence-electron chi connectivity index (χ4n) is 3.03. The van der Waals surface area contributed by atoms with Crippen molar-refractivity contribution in [3.63, 3.8) is 0 Å². The van der Waals surface area contributed by atoms with E-state index in [0.717, 1.165) is 17.0 Å². The first-order chi connectivity index (χ1) is 13.8. The van der Waals surface area contributed by atoms with E-state index in [9.17, 15) is 13.2 Å². The van der Waals surface area contributed by atoms with Crippen molar-refractivity contribution in [3.8, 4) is 5.75 Å². The molecule has 0 spiro atoms. The number of nitrogens with one attached hydrogen (secondary N) is 1. The van der Waals surface area contributed by atoms with Gasteiger partial charge in [0.25, 0.3) is 5.91 Å². The van der Waals surface area contributed by atoms with E-state index in [2.05, 4.69) is 10.3 Å². The van der Waals surface area contributed by atoms with Crippen molar-refractivity contribution < 1.29 is 17.9 Å². The van der Waals surface area contributed by atoms with Gasteiger partial charge in [-0.2, -0.15) is 0 Å². The summed E-state index contributed by atoms with van der Waals surface area (Å²) in [6, 6.07) is 16.1. The Balaban J connectivity index is 1.69. The van der Waals surface area contributed by atoms with Gasteiger partial charge < -0.3 is 4.74 Å². The number of hydrogen-bond acceptors (Lipinski definition) is 6. The summed E-state index contributed by atoms with van der Waals surface area (Å²) in [4.78, 5) is 17.5. The van der Waals surface area contributed by atoms with E-state index < -0.39 is 9.84 Å². The van der Waals surface area contributed by atoms with Crippen LogP contribution >= 0.6 is 11.3 Å². The second kappa shape index (κ2) is 7.46. The fraction of sp³-hybridized carbons (Fsp3) is 0.143. The molecule has 29 heavy (non-hydrogen) atoms. The molecule has 6 nitrogen and oxygen atoms in total. The molecule has 4 aromatic rings. The number of carbonyl (C=O) groups excluding carboxylic acids is 1. The quantitative estimate of drug-likeness (QED) is 0.508. The Kier molecular flexibility index (Phi) is 4.97. The molecule has 4 rings (SSSR count). The number of rotatable bonds is 5. The van der Waals surface area contributed by atoms with Crippen LogP contribution in [0.3, 0.4) is 0 Å². The van der Waals surface area contributed by atoms with Gasteiger partial charge in [-0.05, 0) is 48.0 Å². The number of fused-ring (bicyclic) bond motifs is 2. The first-order valence-electron chi connectivity index (χ1n) is 8.93. The SMILES string of the molecule is CCOc1cc2ccccc2cc1C(=O)Nc1nc2ccc(S(C)(=O)=O)cc2s1. The van der Waals surface area contributed by atoms with E-state index in [1.54, 1.807) is 18.2 Å². The Morgan fingerprint density at radius 1 is 1.10 bits per heavy atom. The predicted octanol–water partition coefficient (Wildman–Crippen LogP) is 4.50. The minimum atomic E-state index is -3.31. The molecule has 0 unspecified atom stereocenters. The number of carbonyl (C=O) groups is 1. The molecule has 0 aliphatic rings. The molecule has 0 radical (unpaired) electrons. The molecule has 0 saturated heterocycles. The number of sulfone groups is 1. The Morgan fingerprint density at radius 2 is 1.83 bits per heavy atom. The zero-order valence-corrected chi connectivity index (χ0v) is 17.4. The molecule has 0 atom stereocenters. The van der Waals surface area contributed by atoms with Crippen LogP contribution in [-0.2, 0) is 9.84 Å². The van der Waals surface area contributed by atoms with Gasteiger partial charge in [-0.3, -0.25) is 10.1 Å². The maximum Gasteiger partial charge on any atom is 0.261 e. The number of amides is 1. The van der Waals surface area contributed by atoms with Crippen LogP contribution in [0.25, 0.3) is 21.0 Å². The number of nitrogens with zero attached hydrogens (tertiary/aromatic N) is 1. The maximum atomic E-state index is 12.9. The van der Waals surface area contributed by atoms with Gasteiger partial charge >= 0.3 is 0 Å². The van der Waals surface area contributed by atoms with Crippen molar-refractivity contribution in [1.82, 2.24) is 4.98 Å². The lowest BCUT2D eigenvalue weighted by Gasteiger charge is -2.11. The molecule has 1 heterocycles. The third-order valence-corrected chi connectivity index (χ3v) is 6.44. The summed E-state index contributed by atoms with van der Waals surface area (Å²) in [6.07, 6.45) is 1.16. The van der Waals surface area contributed by atoms with Gasteiger partial charge in [-0.15, -0.1) is 0 Å². The van der Waals surface area contributed by atoms with Crippen molar-refractivity contribution in [3.05, 3.63) is 60.2 Å². The van der Waals surface area contributed by atoms with Gasteiger partial charge in [-0.1, -0.05) is 35.6 Å². The zero-order chi connectivity index (χ0) is 20.6. The first kappa shape index (κ1) is 19.4. The topological polar surface area (TPSA) is 85.4 Å². The number of anilines is 1. The molecule has 0 fully saturated rings. The summed E-state index contributed by atoms with van der Waals surface area (Å²) in [5, 5.41) is 5.12. The second-order valence-corrected chi connectivity index (χ2v) is 9.55. The predicted molar refractivity (Wildman–Crippen MR) is 116 cm³/mol. The third kappa shape index (κ3) is 3.94. The van der Waals surface area contributed by atoms with Gasteiger partial charge in [0.2, 0.25) is 0 Å². The highest BCUT2D eigenvalue weighted by Crippen LogP contribution is 2.30. The molecule has 1 N–H and O–H groups in total. The molecule has 1 aromatic heterocycles. The van der Waals surface area contributed by atoms with Crippen LogP contribution in [0.5, 0.6) is 5.75 Å². The summed E-state index contributed by atoms with van der Waals surface area (Å²) >= 11 is 1.23. The van der Waals surface area contributed by atoms with E-state index in [0.29, 0.717) is 33.3 Å². The number of aromatic nitrogens is 1. The summed E-state index contributed by atoms with van der Waals surface area (Å²) in [5.74, 6) is 0.172. The smallest absolute Gasteiger partial charge is 0.261 e. The van der Waals surface area contributed by atoms with Gasteiger partial charge in [0.1, 0.15) is 5.75 Å².